The van der Waals surface area contributed by atoms with Crippen molar-refractivity contribution >= 4 is 29.0 Å². The molecule has 2 aromatic carbocycles. The van der Waals surface area contributed by atoms with Gasteiger partial charge in [-0.25, -0.2) is 0 Å². The summed E-state index contributed by atoms with van der Waals surface area (Å²) < 4.78 is 9.15. The topological polar surface area (TPSA) is 99.2 Å². The third-order valence-corrected chi connectivity index (χ3v) is 6.28. The Labute approximate surface area is 205 Å². The van der Waals surface area contributed by atoms with Crippen LogP contribution in [-0.2, 0) is 11.4 Å². The Hall–Kier alpha value is -4.24. The fraction of sp³-hybridized carbons (Fsp3) is 0.160. The number of halogens is 1. The van der Waals surface area contributed by atoms with Gasteiger partial charge in [-0.1, -0.05) is 35.9 Å². The molecule has 3 aromatic heterocycles. The largest absolute Gasteiger partial charge is 0.489 e. The third-order valence-electron chi connectivity index (χ3n) is 6.04. The van der Waals surface area contributed by atoms with Gasteiger partial charge in [0.1, 0.15) is 24.5 Å². The molecule has 1 aliphatic rings. The van der Waals surface area contributed by atoms with Crippen molar-refractivity contribution in [2.75, 3.05) is 5.32 Å². The highest BCUT2D eigenvalue weighted by Crippen LogP contribution is 2.40. The second-order valence-corrected chi connectivity index (χ2v) is 8.81. The minimum Gasteiger partial charge on any atom is -0.489 e. The molecule has 1 amide bonds. The smallest absolute Gasteiger partial charge is 0.226 e. The molecule has 35 heavy (non-hydrogen) atoms. The van der Waals surface area contributed by atoms with Gasteiger partial charge in [-0.15, -0.1) is 15.3 Å². The Morgan fingerprint density at radius 1 is 1.11 bits per heavy atom. The van der Waals surface area contributed by atoms with E-state index >= 15 is 0 Å². The van der Waals surface area contributed by atoms with E-state index in [1.807, 2.05) is 61.5 Å². The fourth-order valence-electron chi connectivity index (χ4n) is 4.42. The molecule has 9 nitrogen and oxygen atoms in total. The quantitative estimate of drug-likeness (QED) is 0.398. The number of rotatable bonds is 5. The van der Waals surface area contributed by atoms with E-state index in [4.69, 9.17) is 21.4 Å². The number of hydrogen-bond donors (Lipinski definition) is 1. The first-order valence-corrected chi connectivity index (χ1v) is 11.5. The summed E-state index contributed by atoms with van der Waals surface area (Å²) in [6.45, 7) is 2.37. The van der Waals surface area contributed by atoms with Gasteiger partial charge in [0.05, 0.1) is 5.69 Å². The zero-order valence-electron chi connectivity index (χ0n) is 18.7. The highest BCUT2D eigenvalue weighted by atomic mass is 35.5. The number of anilines is 1. The van der Waals surface area contributed by atoms with Crippen molar-refractivity contribution in [3.63, 3.8) is 0 Å². The molecular weight excluding hydrogens is 466 g/mol. The van der Waals surface area contributed by atoms with E-state index in [0.717, 1.165) is 28.1 Å². The summed E-state index contributed by atoms with van der Waals surface area (Å²) in [6, 6.07) is 19.0. The van der Waals surface area contributed by atoms with Crippen LogP contribution in [0.2, 0.25) is 5.02 Å². The van der Waals surface area contributed by atoms with Crippen LogP contribution in [0.15, 0.2) is 67.0 Å². The minimum absolute atomic E-state index is 0.0738. The van der Waals surface area contributed by atoms with Crippen molar-refractivity contribution in [3.8, 4) is 11.6 Å². The number of nitrogens with zero attached hydrogens (tertiary/aromatic N) is 6. The van der Waals surface area contributed by atoms with Gasteiger partial charge in [0.25, 0.3) is 0 Å². The van der Waals surface area contributed by atoms with Crippen molar-refractivity contribution in [2.24, 2.45) is 0 Å². The summed E-state index contributed by atoms with van der Waals surface area (Å²) in [5.41, 5.74) is 4.45. The van der Waals surface area contributed by atoms with E-state index in [0.29, 0.717) is 35.3 Å². The normalized spacial score (nSPS) is 15.1. The van der Waals surface area contributed by atoms with Crippen molar-refractivity contribution in [3.05, 3.63) is 94.4 Å². The number of carbonyl (C=O) groups is 1. The number of aromatic nitrogens is 6. The molecule has 0 saturated carbocycles. The van der Waals surface area contributed by atoms with Crippen molar-refractivity contribution in [1.82, 2.24) is 29.6 Å². The van der Waals surface area contributed by atoms with Gasteiger partial charge in [-0.2, -0.15) is 14.3 Å². The van der Waals surface area contributed by atoms with E-state index in [-0.39, 0.29) is 11.8 Å². The van der Waals surface area contributed by atoms with Gasteiger partial charge in [0, 0.05) is 22.9 Å². The molecule has 0 spiro atoms. The molecule has 10 heteroatoms. The number of hydrogen-bond acceptors (Lipinski definition) is 6. The molecule has 0 saturated heterocycles. The predicted molar refractivity (Wildman–Crippen MR) is 130 cm³/mol. The molecule has 0 fully saturated rings. The van der Waals surface area contributed by atoms with Gasteiger partial charge in [0.15, 0.2) is 11.5 Å². The van der Waals surface area contributed by atoms with Crippen LogP contribution in [0.5, 0.6) is 5.75 Å². The number of amides is 1. The summed E-state index contributed by atoms with van der Waals surface area (Å²) in [6.07, 6.45) is 1.86. The molecule has 0 radical (unpaired) electrons. The summed E-state index contributed by atoms with van der Waals surface area (Å²) in [7, 11) is 0. The Kier molecular flexibility index (Phi) is 5.18. The molecule has 1 N–H and O–H groups in total. The monoisotopic (exact) mass is 485 g/mol. The molecule has 1 atom stereocenters. The van der Waals surface area contributed by atoms with E-state index in [2.05, 4.69) is 20.6 Å². The summed E-state index contributed by atoms with van der Waals surface area (Å²) >= 11 is 6.05. The highest BCUT2D eigenvalue weighted by molar-refractivity contribution is 6.30. The van der Waals surface area contributed by atoms with Gasteiger partial charge in [0.2, 0.25) is 5.91 Å². The molecular formula is C25H20ClN7O2. The molecule has 1 aliphatic heterocycles. The minimum atomic E-state index is -0.131. The standard InChI is InChI=1S/C25H20ClN7O2/c1-15-24-20(17-5-7-19(8-6-17)35-13-16-3-2-4-18(26)11-16)12-23(34)28-25(24)33(30-15)22-10-9-21-29-27-14-32(21)31-22/h2-11,14,20H,12-13H2,1H3,(H,28,34). The lowest BCUT2D eigenvalue weighted by Gasteiger charge is -2.24. The van der Waals surface area contributed by atoms with Crippen LogP contribution in [0.4, 0.5) is 5.82 Å². The van der Waals surface area contributed by atoms with E-state index in [9.17, 15) is 4.79 Å². The van der Waals surface area contributed by atoms with E-state index < -0.39 is 0 Å². The maximum atomic E-state index is 12.7. The Balaban J connectivity index is 1.29. The van der Waals surface area contributed by atoms with Crippen molar-refractivity contribution in [2.45, 2.75) is 25.9 Å². The molecule has 174 valence electrons. The zero-order chi connectivity index (χ0) is 23.9. The number of nitrogens with one attached hydrogen (secondary N) is 1. The lowest BCUT2D eigenvalue weighted by atomic mass is 9.86. The number of carbonyl (C=O) groups excluding carboxylic acids is 1. The average molecular weight is 486 g/mol. The lowest BCUT2D eigenvalue weighted by Crippen LogP contribution is -2.25. The number of benzene rings is 2. The van der Waals surface area contributed by atoms with Gasteiger partial charge >= 0.3 is 0 Å². The maximum absolute atomic E-state index is 12.7. The number of aryl methyl sites for hydroxylation is 1. The molecule has 5 aromatic rings. The van der Waals surface area contributed by atoms with Gasteiger partial charge in [-0.05, 0) is 54.4 Å². The van der Waals surface area contributed by atoms with E-state index in [1.165, 1.54) is 6.33 Å². The summed E-state index contributed by atoms with van der Waals surface area (Å²) in [5, 5.41) is 20.8. The van der Waals surface area contributed by atoms with Crippen LogP contribution in [0.3, 0.4) is 0 Å². The Bertz CT molecular complexity index is 1560. The summed E-state index contributed by atoms with van der Waals surface area (Å²) in [5.74, 6) is 1.73. The van der Waals surface area contributed by atoms with Crippen LogP contribution < -0.4 is 10.1 Å². The third kappa shape index (κ3) is 4.00. The Morgan fingerprint density at radius 2 is 1.97 bits per heavy atom. The zero-order valence-corrected chi connectivity index (χ0v) is 19.5. The van der Waals surface area contributed by atoms with E-state index in [1.54, 1.807) is 15.3 Å². The maximum Gasteiger partial charge on any atom is 0.226 e. The summed E-state index contributed by atoms with van der Waals surface area (Å²) in [4.78, 5) is 12.7. The van der Waals surface area contributed by atoms with Crippen LogP contribution in [0, 0.1) is 6.92 Å². The first kappa shape index (κ1) is 21.3. The molecule has 0 bridgehead atoms. The van der Waals surface area contributed by atoms with Crippen LogP contribution in [-0.4, -0.2) is 35.5 Å². The first-order valence-electron chi connectivity index (χ1n) is 11.1. The van der Waals surface area contributed by atoms with Gasteiger partial charge < -0.3 is 10.1 Å². The number of ether oxygens (including phenoxy) is 1. The van der Waals surface area contributed by atoms with Crippen LogP contribution >= 0.6 is 11.6 Å². The molecule has 6 rings (SSSR count). The second kappa shape index (κ2) is 8.52. The predicted octanol–water partition coefficient (Wildman–Crippen LogP) is 4.32. The van der Waals surface area contributed by atoms with Crippen LogP contribution in [0.25, 0.3) is 11.5 Å². The van der Waals surface area contributed by atoms with Crippen molar-refractivity contribution in [1.29, 1.82) is 0 Å². The van der Waals surface area contributed by atoms with Gasteiger partial charge in [-0.3, -0.25) is 4.79 Å². The number of fused-ring (bicyclic) bond motifs is 2. The molecule has 1 unspecified atom stereocenters. The first-order chi connectivity index (χ1) is 17.0. The molecule has 4 heterocycles. The SMILES string of the molecule is Cc1nn(-c2ccc3nncn3n2)c2c1C(c1ccc(OCc3cccc(Cl)c3)cc1)CC(=O)N2. The second-order valence-electron chi connectivity index (χ2n) is 8.38. The Morgan fingerprint density at radius 3 is 2.80 bits per heavy atom. The highest BCUT2D eigenvalue weighted by Gasteiger charge is 2.33. The lowest BCUT2D eigenvalue weighted by molar-refractivity contribution is -0.116. The fourth-order valence-corrected chi connectivity index (χ4v) is 4.63. The van der Waals surface area contributed by atoms with Crippen LogP contribution in [0.1, 0.15) is 34.7 Å². The van der Waals surface area contributed by atoms with Crippen molar-refractivity contribution < 1.29 is 9.53 Å². The molecule has 0 aliphatic carbocycles. The average Bonchev–Trinajstić information content (AvgIpc) is 3.46.